The van der Waals surface area contributed by atoms with E-state index in [0.717, 1.165) is 4.47 Å². The molecule has 0 spiro atoms. The van der Waals surface area contributed by atoms with Gasteiger partial charge in [0, 0.05) is 11.2 Å². The number of nitrogen functional groups attached to an aromatic ring is 1. The van der Waals surface area contributed by atoms with Crippen molar-refractivity contribution in [2.45, 2.75) is 6.54 Å². The maximum Gasteiger partial charge on any atom is 0.246 e. The van der Waals surface area contributed by atoms with E-state index < -0.39 is 0 Å². The van der Waals surface area contributed by atoms with Gasteiger partial charge in [-0.3, -0.25) is 9.48 Å². The van der Waals surface area contributed by atoms with Crippen LogP contribution in [-0.4, -0.2) is 15.7 Å². The number of amides is 1. The van der Waals surface area contributed by atoms with Crippen LogP contribution in [-0.2, 0) is 11.3 Å². The molecule has 1 aromatic heterocycles. The molecular formula is C11H9BrCl2N4O. The van der Waals surface area contributed by atoms with Gasteiger partial charge in [-0.1, -0.05) is 23.2 Å². The standard InChI is InChI=1S/C11H9BrCl2N4O/c12-6-3-16-18(4-6)5-10(19)17-11-8(14)1-7(13)2-9(11)15/h1-4H,5,15H2,(H,17,19). The Labute approximate surface area is 127 Å². The summed E-state index contributed by atoms with van der Waals surface area (Å²) in [5, 5.41) is 7.32. The third-order valence-electron chi connectivity index (χ3n) is 2.26. The van der Waals surface area contributed by atoms with E-state index in [2.05, 4.69) is 26.3 Å². The second-order valence-electron chi connectivity index (χ2n) is 3.76. The number of hydrogen-bond acceptors (Lipinski definition) is 3. The quantitative estimate of drug-likeness (QED) is 0.822. The second kappa shape index (κ2) is 5.81. The average Bonchev–Trinajstić information content (AvgIpc) is 2.69. The SMILES string of the molecule is Nc1cc(Cl)cc(Cl)c1NC(=O)Cn1cc(Br)cn1. The molecule has 2 aromatic rings. The topological polar surface area (TPSA) is 72.9 Å². The first kappa shape index (κ1) is 14.2. The molecular weight excluding hydrogens is 355 g/mol. The number of anilines is 2. The van der Waals surface area contributed by atoms with Gasteiger partial charge in [0.05, 0.1) is 27.1 Å². The van der Waals surface area contributed by atoms with E-state index in [4.69, 9.17) is 28.9 Å². The molecule has 100 valence electrons. The van der Waals surface area contributed by atoms with Crippen LogP contribution < -0.4 is 11.1 Å². The minimum absolute atomic E-state index is 0.0595. The van der Waals surface area contributed by atoms with Gasteiger partial charge in [-0.25, -0.2) is 0 Å². The van der Waals surface area contributed by atoms with Crippen molar-refractivity contribution in [2.75, 3.05) is 11.1 Å². The number of hydrogen-bond donors (Lipinski definition) is 2. The van der Waals surface area contributed by atoms with Crippen molar-refractivity contribution in [3.8, 4) is 0 Å². The summed E-state index contributed by atoms with van der Waals surface area (Å²) in [6, 6.07) is 3.03. The number of benzene rings is 1. The molecule has 5 nitrogen and oxygen atoms in total. The number of halogens is 3. The fourth-order valence-electron chi connectivity index (χ4n) is 1.48. The zero-order valence-corrected chi connectivity index (χ0v) is 12.6. The highest BCUT2D eigenvalue weighted by atomic mass is 79.9. The fraction of sp³-hybridized carbons (Fsp3) is 0.0909. The summed E-state index contributed by atoms with van der Waals surface area (Å²) in [5.41, 5.74) is 6.42. The first-order chi connectivity index (χ1) is 8.95. The number of nitrogens with one attached hydrogen (secondary N) is 1. The molecule has 8 heteroatoms. The van der Waals surface area contributed by atoms with Crippen molar-refractivity contribution in [1.82, 2.24) is 9.78 Å². The second-order valence-corrected chi connectivity index (χ2v) is 5.52. The Morgan fingerprint density at radius 2 is 2.21 bits per heavy atom. The number of aromatic nitrogens is 2. The van der Waals surface area contributed by atoms with Crippen LogP contribution in [0, 0.1) is 0 Å². The van der Waals surface area contributed by atoms with Crippen LogP contribution in [0.5, 0.6) is 0 Å². The van der Waals surface area contributed by atoms with E-state index in [1.165, 1.54) is 16.8 Å². The van der Waals surface area contributed by atoms with Crippen molar-refractivity contribution in [1.29, 1.82) is 0 Å². The third-order valence-corrected chi connectivity index (χ3v) is 3.18. The summed E-state index contributed by atoms with van der Waals surface area (Å²) >= 11 is 15.0. The predicted molar refractivity (Wildman–Crippen MR) is 79.4 cm³/mol. The van der Waals surface area contributed by atoms with Gasteiger partial charge in [-0.15, -0.1) is 0 Å². The highest BCUT2D eigenvalue weighted by Crippen LogP contribution is 2.31. The lowest BCUT2D eigenvalue weighted by Gasteiger charge is -2.10. The number of carbonyl (C=O) groups excluding carboxylic acids is 1. The molecule has 0 fully saturated rings. The Balaban J connectivity index is 2.11. The van der Waals surface area contributed by atoms with Crippen LogP contribution in [0.1, 0.15) is 0 Å². The lowest BCUT2D eigenvalue weighted by Crippen LogP contribution is -2.20. The summed E-state index contributed by atoms with van der Waals surface area (Å²) in [5.74, 6) is -0.286. The van der Waals surface area contributed by atoms with E-state index in [-0.39, 0.29) is 12.5 Å². The van der Waals surface area contributed by atoms with Crippen LogP contribution in [0.3, 0.4) is 0 Å². The number of rotatable bonds is 3. The van der Waals surface area contributed by atoms with Crippen LogP contribution >= 0.6 is 39.1 Å². The van der Waals surface area contributed by atoms with Gasteiger partial charge < -0.3 is 11.1 Å². The summed E-state index contributed by atoms with van der Waals surface area (Å²) in [4.78, 5) is 11.8. The number of nitrogens with zero attached hydrogens (tertiary/aromatic N) is 2. The van der Waals surface area contributed by atoms with Crippen LogP contribution in [0.25, 0.3) is 0 Å². The van der Waals surface area contributed by atoms with Gasteiger partial charge in [0.2, 0.25) is 5.91 Å². The van der Waals surface area contributed by atoms with Gasteiger partial charge in [-0.05, 0) is 28.1 Å². The minimum atomic E-state index is -0.286. The van der Waals surface area contributed by atoms with E-state index in [0.29, 0.717) is 21.4 Å². The van der Waals surface area contributed by atoms with E-state index in [1.807, 2.05) is 0 Å². The maximum atomic E-state index is 11.8. The molecule has 0 radical (unpaired) electrons. The Morgan fingerprint density at radius 3 is 2.79 bits per heavy atom. The van der Waals surface area contributed by atoms with Crippen molar-refractivity contribution >= 4 is 56.4 Å². The first-order valence-electron chi connectivity index (χ1n) is 5.18. The summed E-state index contributed by atoms with van der Waals surface area (Å²) in [7, 11) is 0. The lowest BCUT2D eigenvalue weighted by molar-refractivity contribution is -0.116. The summed E-state index contributed by atoms with van der Waals surface area (Å²) < 4.78 is 2.28. The minimum Gasteiger partial charge on any atom is -0.397 e. The first-order valence-corrected chi connectivity index (χ1v) is 6.73. The number of nitrogens with two attached hydrogens (primary N) is 1. The van der Waals surface area contributed by atoms with Gasteiger partial charge in [0.25, 0.3) is 0 Å². The Morgan fingerprint density at radius 1 is 1.47 bits per heavy atom. The Hall–Kier alpha value is -1.24. The molecule has 1 aromatic carbocycles. The maximum absolute atomic E-state index is 11.8. The zero-order chi connectivity index (χ0) is 14.0. The molecule has 0 bridgehead atoms. The molecule has 0 saturated heterocycles. The molecule has 1 amide bonds. The lowest BCUT2D eigenvalue weighted by atomic mass is 10.2. The molecule has 0 saturated carbocycles. The van der Waals surface area contributed by atoms with Gasteiger partial charge in [-0.2, -0.15) is 5.10 Å². The molecule has 1 heterocycles. The largest absolute Gasteiger partial charge is 0.397 e. The molecule has 19 heavy (non-hydrogen) atoms. The Kier molecular flexibility index (Phi) is 4.34. The van der Waals surface area contributed by atoms with E-state index in [1.54, 1.807) is 12.4 Å². The zero-order valence-electron chi connectivity index (χ0n) is 9.53. The van der Waals surface area contributed by atoms with Gasteiger partial charge in [0.15, 0.2) is 0 Å². The molecule has 0 unspecified atom stereocenters. The summed E-state index contributed by atoms with van der Waals surface area (Å²) in [6.07, 6.45) is 3.28. The van der Waals surface area contributed by atoms with Crippen LogP contribution in [0.15, 0.2) is 29.0 Å². The molecule has 0 aliphatic carbocycles. The molecule has 0 aliphatic heterocycles. The monoisotopic (exact) mass is 362 g/mol. The summed E-state index contributed by atoms with van der Waals surface area (Å²) in [6.45, 7) is 0.0595. The highest BCUT2D eigenvalue weighted by molar-refractivity contribution is 9.10. The molecule has 3 N–H and O–H groups in total. The molecule has 0 aliphatic rings. The van der Waals surface area contributed by atoms with E-state index >= 15 is 0 Å². The van der Waals surface area contributed by atoms with Crippen molar-refractivity contribution in [2.24, 2.45) is 0 Å². The molecule has 0 atom stereocenters. The van der Waals surface area contributed by atoms with Gasteiger partial charge in [0.1, 0.15) is 6.54 Å². The smallest absolute Gasteiger partial charge is 0.246 e. The normalized spacial score (nSPS) is 10.5. The predicted octanol–water partition coefficient (Wildman–Crippen LogP) is 3.17. The third kappa shape index (κ3) is 3.62. The van der Waals surface area contributed by atoms with E-state index in [9.17, 15) is 4.79 Å². The average molecular weight is 364 g/mol. The number of carbonyl (C=O) groups is 1. The van der Waals surface area contributed by atoms with Crippen molar-refractivity contribution in [3.05, 3.63) is 39.0 Å². The van der Waals surface area contributed by atoms with Crippen molar-refractivity contribution < 1.29 is 4.79 Å². The van der Waals surface area contributed by atoms with Gasteiger partial charge >= 0.3 is 0 Å². The van der Waals surface area contributed by atoms with Crippen LogP contribution in [0.4, 0.5) is 11.4 Å². The highest BCUT2D eigenvalue weighted by Gasteiger charge is 2.11. The fourth-order valence-corrected chi connectivity index (χ4v) is 2.36. The molecule has 2 rings (SSSR count). The van der Waals surface area contributed by atoms with Crippen molar-refractivity contribution in [3.63, 3.8) is 0 Å². The Bertz CT molecular complexity index is 606. The van der Waals surface area contributed by atoms with Crippen LogP contribution in [0.2, 0.25) is 10.0 Å².